The zero-order valence-corrected chi connectivity index (χ0v) is 20.4. The highest BCUT2D eigenvalue weighted by atomic mass is 16.5. The molecule has 1 unspecified atom stereocenters. The molecule has 9 nitrogen and oxygen atoms in total. The molecule has 184 valence electrons. The van der Waals surface area contributed by atoms with E-state index in [4.69, 9.17) is 14.5 Å². The van der Waals surface area contributed by atoms with Crippen molar-refractivity contribution in [3.8, 4) is 5.75 Å². The van der Waals surface area contributed by atoms with Crippen molar-refractivity contribution in [3.05, 3.63) is 87.6 Å². The molecule has 0 saturated carbocycles. The van der Waals surface area contributed by atoms with E-state index in [9.17, 15) is 4.79 Å². The van der Waals surface area contributed by atoms with Crippen LogP contribution in [0.2, 0.25) is 0 Å². The maximum atomic E-state index is 12.3. The average molecular weight is 485 g/mol. The van der Waals surface area contributed by atoms with Gasteiger partial charge in [-0.05, 0) is 47.9 Å². The van der Waals surface area contributed by atoms with E-state index in [-0.39, 0.29) is 11.7 Å². The van der Waals surface area contributed by atoms with Crippen LogP contribution >= 0.6 is 0 Å². The zero-order chi connectivity index (χ0) is 24.6. The molecule has 36 heavy (non-hydrogen) atoms. The first kappa shape index (κ1) is 22.5. The van der Waals surface area contributed by atoms with Crippen molar-refractivity contribution in [2.75, 3.05) is 43.2 Å². The first-order chi connectivity index (χ1) is 17.6. The Kier molecular flexibility index (Phi) is 5.77. The van der Waals surface area contributed by atoms with Gasteiger partial charge >= 0.3 is 0 Å². The Morgan fingerprint density at radius 1 is 1.06 bits per heavy atom. The van der Waals surface area contributed by atoms with Gasteiger partial charge in [-0.25, -0.2) is 4.98 Å². The summed E-state index contributed by atoms with van der Waals surface area (Å²) in [6.07, 6.45) is 4.32. The molecular formula is C27H28N6O3. The molecule has 0 aliphatic carbocycles. The minimum absolute atomic E-state index is 0.00597. The highest BCUT2D eigenvalue weighted by molar-refractivity contribution is 5.55. The Balaban J connectivity index is 1.24. The van der Waals surface area contributed by atoms with Gasteiger partial charge in [0, 0.05) is 50.6 Å². The van der Waals surface area contributed by atoms with Crippen molar-refractivity contribution in [2.45, 2.75) is 26.0 Å². The van der Waals surface area contributed by atoms with Crippen LogP contribution in [0.1, 0.15) is 28.5 Å². The number of hydrogen-bond acceptors (Lipinski definition) is 8. The molecule has 1 atom stereocenters. The highest BCUT2D eigenvalue weighted by Gasteiger charge is 2.25. The van der Waals surface area contributed by atoms with Crippen LogP contribution in [-0.2, 0) is 17.7 Å². The van der Waals surface area contributed by atoms with Gasteiger partial charge < -0.3 is 19.3 Å². The number of methoxy groups -OCH3 is 1. The Labute approximate surface area is 208 Å². The largest absolute Gasteiger partial charge is 0.497 e. The molecule has 4 aromatic rings. The van der Waals surface area contributed by atoms with Gasteiger partial charge in [0.15, 0.2) is 11.5 Å². The minimum Gasteiger partial charge on any atom is -0.497 e. The third kappa shape index (κ3) is 4.15. The number of pyridine rings is 1. The van der Waals surface area contributed by atoms with Gasteiger partial charge in [0.25, 0.3) is 5.56 Å². The van der Waals surface area contributed by atoms with E-state index < -0.39 is 0 Å². The quantitative estimate of drug-likeness (QED) is 0.437. The van der Waals surface area contributed by atoms with E-state index in [0.717, 1.165) is 60.1 Å². The molecule has 0 spiro atoms. The van der Waals surface area contributed by atoms with E-state index >= 15 is 0 Å². The normalized spacial score (nSPS) is 17.8. The van der Waals surface area contributed by atoms with Gasteiger partial charge in [0.2, 0.25) is 0 Å². The topological polar surface area (TPSA) is 85.1 Å². The lowest BCUT2D eigenvalue weighted by molar-refractivity contribution is 0.0397. The van der Waals surface area contributed by atoms with Crippen molar-refractivity contribution >= 4 is 17.2 Å². The van der Waals surface area contributed by atoms with Gasteiger partial charge in [-0.1, -0.05) is 12.1 Å². The second-order valence-corrected chi connectivity index (χ2v) is 9.25. The SMILES string of the molecule is COc1ccc(C2CN(c3cnc4c(c3)CN(c3nn5c(=O)ccnc5cc3C)CC4)CCO2)cc1. The molecule has 5 heterocycles. The number of rotatable bonds is 4. The molecular weight excluding hydrogens is 456 g/mol. The summed E-state index contributed by atoms with van der Waals surface area (Å²) < 4.78 is 12.7. The smallest absolute Gasteiger partial charge is 0.274 e. The molecule has 1 saturated heterocycles. The maximum absolute atomic E-state index is 12.3. The Bertz CT molecular complexity index is 1470. The summed E-state index contributed by atoms with van der Waals surface area (Å²) in [5.41, 5.74) is 5.92. The third-order valence-corrected chi connectivity index (χ3v) is 6.99. The van der Waals surface area contributed by atoms with Gasteiger partial charge in [-0.3, -0.25) is 9.78 Å². The number of morpholine rings is 1. The summed E-state index contributed by atoms with van der Waals surface area (Å²) in [5, 5.41) is 4.65. The van der Waals surface area contributed by atoms with Gasteiger partial charge in [0.05, 0.1) is 25.6 Å². The Morgan fingerprint density at radius 2 is 1.92 bits per heavy atom. The second-order valence-electron chi connectivity index (χ2n) is 9.25. The van der Waals surface area contributed by atoms with Crippen molar-refractivity contribution in [2.24, 2.45) is 0 Å². The first-order valence-corrected chi connectivity index (χ1v) is 12.2. The summed E-state index contributed by atoms with van der Waals surface area (Å²) in [6.45, 7) is 5.74. The summed E-state index contributed by atoms with van der Waals surface area (Å²) in [4.78, 5) is 26.0. The van der Waals surface area contributed by atoms with Crippen molar-refractivity contribution in [3.63, 3.8) is 0 Å². The monoisotopic (exact) mass is 484 g/mol. The molecule has 2 aliphatic heterocycles. The lowest BCUT2D eigenvalue weighted by atomic mass is 10.0. The zero-order valence-electron chi connectivity index (χ0n) is 20.4. The molecule has 0 amide bonds. The second kappa shape index (κ2) is 9.23. The molecule has 9 heteroatoms. The molecule has 0 bridgehead atoms. The van der Waals surface area contributed by atoms with Crippen LogP contribution in [0.15, 0.2) is 59.7 Å². The van der Waals surface area contributed by atoms with E-state index in [1.54, 1.807) is 7.11 Å². The standard InChI is InChI=1S/C27H28N6O3/c1-18-13-25-28-9-7-26(34)33(25)30-27(18)32-10-8-23-20(16-32)14-21(15-29-23)31-11-12-36-24(17-31)19-3-5-22(35-2)6-4-19/h3-7,9,13-15,24H,8,10-12,16-17H2,1-2H3. The van der Waals surface area contributed by atoms with E-state index in [1.807, 2.05) is 31.3 Å². The van der Waals surface area contributed by atoms with E-state index in [2.05, 4.69) is 38.1 Å². The Morgan fingerprint density at radius 3 is 2.75 bits per heavy atom. The fraction of sp³-hybridized carbons (Fsp3) is 0.333. The van der Waals surface area contributed by atoms with Crippen LogP contribution in [0, 0.1) is 6.92 Å². The van der Waals surface area contributed by atoms with Gasteiger partial charge in [0.1, 0.15) is 11.9 Å². The minimum atomic E-state index is -0.179. The van der Waals surface area contributed by atoms with Crippen LogP contribution in [0.4, 0.5) is 11.5 Å². The molecule has 1 fully saturated rings. The summed E-state index contributed by atoms with van der Waals surface area (Å²) >= 11 is 0. The number of aromatic nitrogens is 4. The molecule has 0 radical (unpaired) electrons. The summed E-state index contributed by atoms with van der Waals surface area (Å²) in [5.74, 6) is 1.65. The maximum Gasteiger partial charge on any atom is 0.274 e. The number of fused-ring (bicyclic) bond motifs is 2. The molecule has 3 aromatic heterocycles. The average Bonchev–Trinajstić information content (AvgIpc) is 2.92. The molecule has 6 rings (SSSR count). The number of nitrogens with zero attached hydrogens (tertiary/aromatic N) is 6. The van der Waals surface area contributed by atoms with E-state index in [0.29, 0.717) is 18.8 Å². The van der Waals surface area contributed by atoms with Crippen LogP contribution in [0.3, 0.4) is 0 Å². The number of benzene rings is 1. The number of aryl methyl sites for hydroxylation is 1. The highest BCUT2D eigenvalue weighted by Crippen LogP contribution is 2.30. The van der Waals surface area contributed by atoms with Gasteiger partial charge in [-0.15, -0.1) is 5.10 Å². The molecule has 1 aromatic carbocycles. The van der Waals surface area contributed by atoms with Crippen LogP contribution < -0.4 is 20.1 Å². The number of anilines is 2. The van der Waals surface area contributed by atoms with Crippen LogP contribution in [0.25, 0.3) is 5.65 Å². The summed E-state index contributed by atoms with van der Waals surface area (Å²) in [6, 6.07) is 13.7. The Hall–Kier alpha value is -3.98. The van der Waals surface area contributed by atoms with Crippen molar-refractivity contribution in [1.29, 1.82) is 0 Å². The van der Waals surface area contributed by atoms with Crippen LogP contribution in [0.5, 0.6) is 5.75 Å². The first-order valence-electron chi connectivity index (χ1n) is 12.2. The fourth-order valence-electron chi connectivity index (χ4n) is 5.03. The lowest BCUT2D eigenvalue weighted by Crippen LogP contribution is -2.39. The predicted octanol–water partition coefficient (Wildman–Crippen LogP) is 2.94. The number of ether oxygens (including phenoxy) is 2. The molecule has 0 N–H and O–H groups in total. The fourth-order valence-corrected chi connectivity index (χ4v) is 5.03. The summed E-state index contributed by atoms with van der Waals surface area (Å²) in [7, 11) is 1.67. The van der Waals surface area contributed by atoms with Crippen molar-refractivity contribution in [1.82, 2.24) is 19.6 Å². The third-order valence-electron chi connectivity index (χ3n) is 6.99. The van der Waals surface area contributed by atoms with Crippen LogP contribution in [-0.4, -0.2) is 52.9 Å². The van der Waals surface area contributed by atoms with Crippen molar-refractivity contribution < 1.29 is 9.47 Å². The predicted molar refractivity (Wildman–Crippen MR) is 137 cm³/mol. The van der Waals surface area contributed by atoms with E-state index in [1.165, 1.54) is 22.3 Å². The lowest BCUT2D eigenvalue weighted by Gasteiger charge is -2.36. The van der Waals surface area contributed by atoms with Gasteiger partial charge in [-0.2, -0.15) is 4.52 Å². The molecule has 2 aliphatic rings. The number of hydrogen-bond donors (Lipinski definition) is 0.